The molecule has 2 fully saturated rings. The molecule has 3 unspecified atom stereocenters. The number of hydrogen-bond acceptors (Lipinski definition) is 3. The van der Waals surface area contributed by atoms with Crippen molar-refractivity contribution in [1.29, 1.82) is 0 Å². The van der Waals surface area contributed by atoms with Crippen molar-refractivity contribution in [2.75, 3.05) is 9.80 Å². The van der Waals surface area contributed by atoms with E-state index in [9.17, 15) is 0 Å². The highest BCUT2D eigenvalue weighted by Crippen LogP contribution is 2.52. The van der Waals surface area contributed by atoms with Crippen LogP contribution in [0.4, 0.5) is 28.4 Å². The summed E-state index contributed by atoms with van der Waals surface area (Å²) in [6.07, 6.45) is 5.53. The van der Waals surface area contributed by atoms with Crippen molar-refractivity contribution in [1.82, 2.24) is 0 Å². The van der Waals surface area contributed by atoms with Gasteiger partial charge in [-0.2, -0.15) is 11.3 Å². The maximum atomic E-state index is 2.87. The van der Waals surface area contributed by atoms with E-state index in [1.807, 2.05) is 11.3 Å². The topological polar surface area (TPSA) is 6.48 Å². The molecule has 8 rings (SSSR count). The number of anilines is 5. The number of hydrogen-bond donors (Lipinski definition) is 0. The van der Waals surface area contributed by atoms with E-state index in [0.717, 1.165) is 11.8 Å². The molecule has 2 saturated carbocycles. The molecular weight excluding hydrogens is 587 g/mol. The molecule has 4 aromatic rings. The molecule has 1 aromatic heterocycles. The van der Waals surface area contributed by atoms with Crippen molar-refractivity contribution >= 4 is 62.2 Å². The minimum Gasteiger partial charge on any atom is -0.339 e. The van der Waals surface area contributed by atoms with Crippen molar-refractivity contribution < 1.29 is 0 Å². The first-order valence-corrected chi connectivity index (χ1v) is 19.0. The first kappa shape index (κ1) is 31.3. The fraction of sp³-hybridized carbons (Fsp3) is 0.488. The largest absolute Gasteiger partial charge is 0.339 e. The summed E-state index contributed by atoms with van der Waals surface area (Å²) in [6.45, 7) is 26.2. The van der Waals surface area contributed by atoms with Crippen LogP contribution in [0.15, 0.2) is 54.6 Å². The van der Waals surface area contributed by atoms with Crippen LogP contribution < -0.4 is 25.5 Å². The molecule has 3 atom stereocenters. The van der Waals surface area contributed by atoms with Gasteiger partial charge < -0.3 is 9.80 Å². The average molecular weight is 641 g/mol. The minimum atomic E-state index is 0.0272. The monoisotopic (exact) mass is 640 g/mol. The van der Waals surface area contributed by atoms with Gasteiger partial charge in [0.15, 0.2) is 0 Å². The van der Waals surface area contributed by atoms with E-state index in [4.69, 9.17) is 0 Å². The van der Waals surface area contributed by atoms with E-state index in [1.165, 1.54) is 97.0 Å². The summed E-state index contributed by atoms with van der Waals surface area (Å²) in [6, 6.07) is 22.8. The number of aryl methyl sites for hydroxylation is 1. The number of thiophene rings is 1. The highest BCUT2D eigenvalue weighted by atomic mass is 32.1. The second-order valence-electron chi connectivity index (χ2n) is 18.4. The molecule has 0 N–H and O–H groups in total. The van der Waals surface area contributed by atoms with Gasteiger partial charge in [-0.25, -0.2) is 0 Å². The van der Waals surface area contributed by atoms with E-state index in [0.29, 0.717) is 6.04 Å². The second kappa shape index (κ2) is 10.3. The zero-order chi connectivity index (χ0) is 33.4. The molecule has 4 aliphatic rings. The van der Waals surface area contributed by atoms with Crippen molar-refractivity contribution in [2.24, 2.45) is 11.8 Å². The lowest BCUT2D eigenvalue weighted by atomic mass is 9.35. The highest BCUT2D eigenvalue weighted by molar-refractivity contribution is 7.29. The van der Waals surface area contributed by atoms with Crippen molar-refractivity contribution in [3.8, 4) is 0 Å². The molecule has 2 nitrogen and oxygen atoms in total. The first-order valence-electron chi connectivity index (χ1n) is 18.1. The molecule has 2 aliphatic carbocycles. The minimum absolute atomic E-state index is 0.0272. The SMILES string of the molecule is Cc1sc2c(c1C)N(c1ccc(C(C)(C)C)cc1)c1cc(C(C)(C)C)cc3c1B2c1cc(C(C)(C)C)ccc1N3C1CC2CCC1C2. The predicted octanol–water partition coefficient (Wildman–Crippen LogP) is 10.2. The van der Waals surface area contributed by atoms with E-state index < -0.39 is 0 Å². The number of rotatable bonds is 2. The fourth-order valence-electron chi connectivity index (χ4n) is 9.26. The standard InChI is InChI=1S/C43H53BN2S/c1-25-26(2)47-40-39(25)45(32-17-14-29(15-18-32)41(3,4)5)36-23-31(43(9,10)11)24-37-38(36)44(40)33-22-30(42(6,7)8)16-19-34(33)46(37)35-21-27-12-13-28(35)20-27/h14-19,22-24,27-28,35H,12-13,20-21H2,1-11H3. The Morgan fingerprint density at radius 3 is 1.91 bits per heavy atom. The molecule has 0 spiro atoms. The first-order chi connectivity index (χ1) is 22.0. The Morgan fingerprint density at radius 1 is 0.681 bits per heavy atom. The molecule has 0 radical (unpaired) electrons. The van der Waals surface area contributed by atoms with Crippen LogP contribution in [0.25, 0.3) is 0 Å². The van der Waals surface area contributed by atoms with Crippen LogP contribution in [0.2, 0.25) is 0 Å². The van der Waals surface area contributed by atoms with Crippen LogP contribution in [0.5, 0.6) is 0 Å². The molecule has 3 aromatic carbocycles. The van der Waals surface area contributed by atoms with Gasteiger partial charge in [0.2, 0.25) is 0 Å². The molecule has 47 heavy (non-hydrogen) atoms. The van der Waals surface area contributed by atoms with Crippen LogP contribution >= 0.6 is 11.3 Å². The van der Waals surface area contributed by atoms with Crippen LogP contribution in [0, 0.1) is 25.7 Å². The lowest BCUT2D eigenvalue weighted by Crippen LogP contribution is -2.62. The van der Waals surface area contributed by atoms with Gasteiger partial charge in [-0.05, 0) is 125 Å². The van der Waals surface area contributed by atoms with E-state index in [1.54, 1.807) is 0 Å². The third-order valence-electron chi connectivity index (χ3n) is 12.1. The summed E-state index contributed by atoms with van der Waals surface area (Å²) < 4.78 is 1.51. The molecule has 0 amide bonds. The highest BCUT2D eigenvalue weighted by Gasteiger charge is 2.50. The summed E-state index contributed by atoms with van der Waals surface area (Å²) in [4.78, 5) is 6.96. The maximum absolute atomic E-state index is 2.87. The Labute approximate surface area is 288 Å². The Bertz CT molecular complexity index is 1890. The number of benzene rings is 3. The van der Waals surface area contributed by atoms with Crippen molar-refractivity contribution in [3.63, 3.8) is 0 Å². The molecular formula is C43H53BN2S. The van der Waals surface area contributed by atoms with Crippen LogP contribution in [0.1, 0.15) is 115 Å². The summed E-state index contributed by atoms with van der Waals surface area (Å²) in [5.41, 5.74) is 15.9. The Morgan fingerprint density at radius 2 is 1.32 bits per heavy atom. The quantitative estimate of drug-likeness (QED) is 0.177. The molecule has 0 saturated heterocycles. The maximum Gasteiger partial charge on any atom is 0.264 e. The van der Waals surface area contributed by atoms with Crippen LogP contribution in [0.3, 0.4) is 0 Å². The van der Waals surface area contributed by atoms with Gasteiger partial charge in [-0.1, -0.05) is 93.0 Å². The van der Waals surface area contributed by atoms with Crippen molar-refractivity contribution in [3.05, 3.63) is 81.7 Å². The van der Waals surface area contributed by atoms with E-state index >= 15 is 0 Å². The summed E-state index contributed by atoms with van der Waals surface area (Å²) in [5, 5.41) is 0. The Balaban J connectivity index is 1.46. The lowest BCUT2D eigenvalue weighted by molar-refractivity contribution is 0.413. The molecule has 244 valence electrons. The molecule has 4 heteroatoms. The summed E-state index contributed by atoms with van der Waals surface area (Å²) in [7, 11) is 0. The molecule has 2 aliphatic heterocycles. The predicted molar refractivity (Wildman–Crippen MR) is 207 cm³/mol. The summed E-state index contributed by atoms with van der Waals surface area (Å²) in [5.74, 6) is 1.67. The fourth-order valence-corrected chi connectivity index (χ4v) is 10.5. The van der Waals surface area contributed by atoms with Gasteiger partial charge in [0, 0.05) is 38.4 Å². The lowest BCUT2D eigenvalue weighted by Gasteiger charge is -2.47. The number of fused-ring (bicyclic) bond motifs is 6. The normalized spacial score (nSPS) is 21.7. The van der Waals surface area contributed by atoms with Gasteiger partial charge in [-0.3, -0.25) is 0 Å². The van der Waals surface area contributed by atoms with Gasteiger partial charge in [0.25, 0.3) is 6.71 Å². The Hall–Kier alpha value is -2.98. The summed E-state index contributed by atoms with van der Waals surface area (Å²) >= 11 is 2.03. The second-order valence-corrected chi connectivity index (χ2v) is 19.6. The van der Waals surface area contributed by atoms with E-state index in [2.05, 4.69) is 141 Å². The molecule has 3 heterocycles. The van der Waals surface area contributed by atoms with Gasteiger partial charge >= 0.3 is 0 Å². The zero-order valence-electron chi connectivity index (χ0n) is 30.6. The third kappa shape index (κ3) is 4.78. The third-order valence-corrected chi connectivity index (χ3v) is 13.4. The Kier molecular flexibility index (Phi) is 6.84. The average Bonchev–Trinajstić information content (AvgIpc) is 3.70. The smallest absolute Gasteiger partial charge is 0.264 e. The van der Waals surface area contributed by atoms with Crippen molar-refractivity contribution in [2.45, 2.75) is 124 Å². The van der Waals surface area contributed by atoms with Crippen LogP contribution in [-0.4, -0.2) is 12.8 Å². The zero-order valence-corrected chi connectivity index (χ0v) is 31.5. The van der Waals surface area contributed by atoms with Gasteiger partial charge in [0.1, 0.15) is 0 Å². The van der Waals surface area contributed by atoms with E-state index in [-0.39, 0.29) is 23.0 Å². The van der Waals surface area contributed by atoms with Crippen LogP contribution in [-0.2, 0) is 16.2 Å². The van der Waals surface area contributed by atoms with Gasteiger partial charge in [0.05, 0.1) is 5.69 Å². The molecule has 2 bridgehead atoms. The van der Waals surface area contributed by atoms with Gasteiger partial charge in [-0.15, -0.1) is 0 Å². The number of nitrogens with zero attached hydrogens (tertiary/aromatic N) is 2.